The van der Waals surface area contributed by atoms with Crippen LogP contribution in [0.4, 0.5) is 10.5 Å². The number of pyridine rings is 1. The van der Waals surface area contributed by atoms with Crippen molar-refractivity contribution in [3.05, 3.63) is 63.1 Å². The number of hydrogen-bond acceptors (Lipinski definition) is 6. The molecule has 1 N–H and O–H groups in total. The summed E-state index contributed by atoms with van der Waals surface area (Å²) >= 11 is 0. The van der Waals surface area contributed by atoms with Crippen molar-refractivity contribution < 1.29 is 19.1 Å². The van der Waals surface area contributed by atoms with Crippen molar-refractivity contribution in [3.63, 3.8) is 0 Å². The van der Waals surface area contributed by atoms with E-state index in [9.17, 15) is 24.4 Å². The lowest BCUT2D eigenvalue weighted by molar-refractivity contribution is -0.116. The zero-order valence-electron chi connectivity index (χ0n) is 19.5. The van der Waals surface area contributed by atoms with Gasteiger partial charge in [-0.3, -0.25) is 14.4 Å². The standard InChI is InChI=1S/C24H27N5O5/c1-4-34-24(33)28-10-8-27(9-11-28)22(31)18-6-5-7-19(13-18)26-21(30)15-29-17(3)12-16(2)20(14-25)23(29)32/h5-7,12-13H,4,8-11,15H2,1-3H3,(H,26,30). The van der Waals surface area contributed by atoms with Crippen LogP contribution < -0.4 is 10.9 Å². The van der Waals surface area contributed by atoms with Crippen molar-refractivity contribution in [3.8, 4) is 6.07 Å². The highest BCUT2D eigenvalue weighted by Crippen LogP contribution is 2.15. The Kier molecular flexibility index (Phi) is 7.68. The number of nitrogens with zero attached hydrogens (tertiary/aromatic N) is 4. The van der Waals surface area contributed by atoms with Gasteiger partial charge in [0.15, 0.2) is 0 Å². The topological polar surface area (TPSA) is 125 Å². The predicted molar refractivity (Wildman–Crippen MR) is 124 cm³/mol. The van der Waals surface area contributed by atoms with Crippen molar-refractivity contribution >= 4 is 23.6 Å². The van der Waals surface area contributed by atoms with Gasteiger partial charge in [0.25, 0.3) is 11.5 Å². The minimum Gasteiger partial charge on any atom is -0.450 e. The largest absolute Gasteiger partial charge is 0.450 e. The molecule has 0 radical (unpaired) electrons. The smallest absolute Gasteiger partial charge is 0.409 e. The summed E-state index contributed by atoms with van der Waals surface area (Å²) in [6, 6.07) is 10.1. The number of benzene rings is 1. The van der Waals surface area contributed by atoms with Gasteiger partial charge in [-0.25, -0.2) is 4.79 Å². The van der Waals surface area contributed by atoms with Gasteiger partial charge in [-0.15, -0.1) is 0 Å². The quantitative estimate of drug-likeness (QED) is 0.719. The minimum absolute atomic E-state index is 0.00838. The van der Waals surface area contributed by atoms with Crippen LogP contribution in [-0.2, 0) is 16.1 Å². The lowest BCUT2D eigenvalue weighted by Crippen LogP contribution is -2.50. The molecule has 1 aromatic heterocycles. The molecule has 2 aromatic rings. The predicted octanol–water partition coefficient (Wildman–Crippen LogP) is 1.89. The summed E-state index contributed by atoms with van der Waals surface area (Å²) < 4.78 is 6.25. The Morgan fingerprint density at radius 1 is 1.09 bits per heavy atom. The summed E-state index contributed by atoms with van der Waals surface area (Å²) in [5, 5.41) is 11.9. The van der Waals surface area contributed by atoms with E-state index in [2.05, 4.69) is 5.32 Å². The highest BCUT2D eigenvalue weighted by Gasteiger charge is 2.25. The molecule has 0 bridgehead atoms. The second kappa shape index (κ2) is 10.7. The fourth-order valence-corrected chi connectivity index (χ4v) is 3.82. The van der Waals surface area contributed by atoms with Crippen LogP contribution in [0.3, 0.4) is 0 Å². The van der Waals surface area contributed by atoms with Crippen molar-refractivity contribution in [2.75, 3.05) is 38.1 Å². The molecule has 3 amide bonds. The molecule has 178 valence electrons. The average molecular weight is 466 g/mol. The Bertz CT molecular complexity index is 1210. The lowest BCUT2D eigenvalue weighted by atomic mass is 10.1. The molecule has 0 saturated carbocycles. The first-order chi connectivity index (χ1) is 16.2. The van der Waals surface area contributed by atoms with Gasteiger partial charge in [0.05, 0.1) is 6.61 Å². The first-order valence-corrected chi connectivity index (χ1v) is 11.0. The van der Waals surface area contributed by atoms with E-state index in [1.165, 1.54) is 4.57 Å². The Morgan fingerprint density at radius 2 is 1.76 bits per heavy atom. The SMILES string of the molecule is CCOC(=O)N1CCN(C(=O)c2cccc(NC(=O)Cn3c(C)cc(C)c(C#N)c3=O)c2)CC1. The van der Waals surface area contributed by atoms with Gasteiger partial charge >= 0.3 is 6.09 Å². The number of aromatic nitrogens is 1. The van der Waals surface area contributed by atoms with Gasteiger partial charge < -0.3 is 24.4 Å². The van der Waals surface area contributed by atoms with Crippen molar-refractivity contribution in [1.29, 1.82) is 5.26 Å². The number of piperazine rings is 1. The molecular weight excluding hydrogens is 438 g/mol. The highest BCUT2D eigenvalue weighted by molar-refractivity contribution is 5.97. The van der Waals surface area contributed by atoms with Crippen molar-refractivity contribution in [2.45, 2.75) is 27.3 Å². The molecule has 1 aliphatic heterocycles. The minimum atomic E-state index is -0.513. The third-order valence-electron chi connectivity index (χ3n) is 5.60. The molecule has 1 saturated heterocycles. The number of hydrogen-bond donors (Lipinski definition) is 1. The first kappa shape index (κ1) is 24.5. The zero-order valence-corrected chi connectivity index (χ0v) is 19.5. The third-order valence-corrected chi connectivity index (χ3v) is 5.60. The van der Waals surface area contributed by atoms with Gasteiger partial charge in [-0.2, -0.15) is 5.26 Å². The fraction of sp³-hybridized carbons (Fsp3) is 0.375. The summed E-state index contributed by atoms with van der Waals surface area (Å²) in [5.41, 5.74) is 1.45. The molecule has 2 heterocycles. The Labute approximate surface area is 197 Å². The van der Waals surface area contributed by atoms with Crippen LogP contribution in [0.15, 0.2) is 35.1 Å². The van der Waals surface area contributed by atoms with Gasteiger partial charge in [-0.1, -0.05) is 6.07 Å². The molecule has 1 fully saturated rings. The summed E-state index contributed by atoms with van der Waals surface area (Å²) in [5.74, 6) is -0.658. The number of aryl methyl sites for hydroxylation is 2. The molecule has 0 unspecified atom stereocenters. The molecule has 1 aliphatic rings. The molecule has 0 spiro atoms. The maximum atomic E-state index is 12.9. The first-order valence-electron chi connectivity index (χ1n) is 11.0. The van der Waals surface area contributed by atoms with E-state index in [0.717, 1.165) is 0 Å². The van der Waals surface area contributed by atoms with Crippen LogP contribution >= 0.6 is 0 Å². The van der Waals surface area contributed by atoms with Crippen LogP contribution in [-0.4, -0.2) is 65.1 Å². The van der Waals surface area contributed by atoms with Crippen LogP contribution in [0.5, 0.6) is 0 Å². The molecule has 1 aromatic carbocycles. The number of carbonyl (C=O) groups excluding carboxylic acids is 3. The summed E-state index contributed by atoms with van der Waals surface area (Å²) in [6.45, 7) is 6.69. The zero-order chi connectivity index (χ0) is 24.8. The molecule has 0 atom stereocenters. The lowest BCUT2D eigenvalue weighted by Gasteiger charge is -2.34. The molecule has 0 aliphatic carbocycles. The van der Waals surface area contributed by atoms with Gasteiger partial charge in [0, 0.05) is 43.1 Å². The monoisotopic (exact) mass is 465 g/mol. The second-order valence-corrected chi connectivity index (χ2v) is 7.95. The normalized spacial score (nSPS) is 13.2. The summed E-state index contributed by atoms with van der Waals surface area (Å²) in [6.07, 6.45) is -0.385. The van der Waals surface area contributed by atoms with Crippen LogP contribution in [0.2, 0.25) is 0 Å². The number of nitriles is 1. The maximum absolute atomic E-state index is 12.9. The fourth-order valence-electron chi connectivity index (χ4n) is 3.82. The van der Waals surface area contributed by atoms with E-state index in [0.29, 0.717) is 55.3 Å². The van der Waals surface area contributed by atoms with Gasteiger partial charge in [-0.05, 0) is 50.6 Å². The number of carbonyl (C=O) groups is 3. The van der Waals surface area contributed by atoms with Gasteiger partial charge in [0.1, 0.15) is 18.2 Å². The van der Waals surface area contributed by atoms with Crippen molar-refractivity contribution in [1.82, 2.24) is 14.4 Å². The van der Waals surface area contributed by atoms with Crippen LogP contribution in [0.1, 0.15) is 34.1 Å². The second-order valence-electron chi connectivity index (χ2n) is 7.95. The molecular formula is C24H27N5O5. The summed E-state index contributed by atoms with van der Waals surface area (Å²) in [7, 11) is 0. The number of rotatable bonds is 5. The summed E-state index contributed by atoms with van der Waals surface area (Å²) in [4.78, 5) is 53.1. The van der Waals surface area contributed by atoms with E-state index < -0.39 is 11.5 Å². The maximum Gasteiger partial charge on any atom is 0.409 e. The van der Waals surface area contributed by atoms with E-state index >= 15 is 0 Å². The van der Waals surface area contributed by atoms with E-state index in [4.69, 9.17) is 4.74 Å². The highest BCUT2D eigenvalue weighted by atomic mass is 16.6. The van der Waals surface area contributed by atoms with E-state index in [1.54, 1.807) is 60.9 Å². The number of ether oxygens (including phenoxy) is 1. The third kappa shape index (κ3) is 5.43. The van der Waals surface area contributed by atoms with E-state index in [1.807, 2.05) is 6.07 Å². The molecule has 34 heavy (non-hydrogen) atoms. The number of anilines is 1. The Hall–Kier alpha value is -4.13. The number of nitrogens with one attached hydrogen (secondary N) is 1. The van der Waals surface area contributed by atoms with Crippen LogP contribution in [0.25, 0.3) is 0 Å². The van der Waals surface area contributed by atoms with E-state index in [-0.39, 0.29) is 24.1 Å². The average Bonchev–Trinajstić information content (AvgIpc) is 2.82. The van der Waals surface area contributed by atoms with Crippen molar-refractivity contribution in [2.24, 2.45) is 0 Å². The number of amides is 3. The molecule has 3 rings (SSSR count). The molecule has 10 nitrogen and oxygen atoms in total. The molecule has 10 heteroatoms. The Balaban J connectivity index is 1.66. The van der Waals surface area contributed by atoms with Crippen LogP contribution in [0, 0.1) is 25.2 Å². The van der Waals surface area contributed by atoms with Gasteiger partial charge in [0.2, 0.25) is 5.91 Å². The Morgan fingerprint density at radius 3 is 2.41 bits per heavy atom.